The molecule has 5 nitrogen and oxygen atoms in total. The standard InChI is InChI=1S/C18H22N2O3/c1-20(15-6-3-7-16(23-2)17(15)21)18(22)13-8-9-14-12(11-13)5-4-10-19-14/h4-5,8-11,15-17,21H,3,6-7H2,1-2H3/t15-,16-,17-/m1/s1. The van der Waals surface area contributed by atoms with Gasteiger partial charge in [-0.3, -0.25) is 9.78 Å². The Bertz CT molecular complexity index is 703. The number of rotatable bonds is 3. The number of methoxy groups -OCH3 is 1. The normalized spacial score (nSPS) is 24.6. The molecule has 2 aromatic rings. The highest BCUT2D eigenvalue weighted by atomic mass is 16.5. The highest BCUT2D eigenvalue weighted by Gasteiger charge is 2.36. The van der Waals surface area contributed by atoms with Crippen LogP contribution in [0.3, 0.4) is 0 Å². The molecule has 1 aromatic heterocycles. The number of likely N-dealkylation sites (N-methyl/N-ethyl adjacent to an activating group) is 1. The van der Waals surface area contributed by atoms with E-state index in [0.29, 0.717) is 5.56 Å². The van der Waals surface area contributed by atoms with E-state index in [4.69, 9.17) is 4.74 Å². The van der Waals surface area contributed by atoms with Gasteiger partial charge in [-0.2, -0.15) is 0 Å². The molecule has 1 saturated carbocycles. The summed E-state index contributed by atoms with van der Waals surface area (Å²) >= 11 is 0. The lowest BCUT2D eigenvalue weighted by Gasteiger charge is -2.39. The summed E-state index contributed by atoms with van der Waals surface area (Å²) in [5.74, 6) is -0.0865. The molecule has 1 aliphatic carbocycles. The number of benzene rings is 1. The van der Waals surface area contributed by atoms with Gasteiger partial charge >= 0.3 is 0 Å². The number of aliphatic hydroxyl groups excluding tert-OH is 1. The summed E-state index contributed by atoms with van der Waals surface area (Å²) in [5, 5.41) is 11.4. The summed E-state index contributed by atoms with van der Waals surface area (Å²) in [6, 6.07) is 9.07. The van der Waals surface area contributed by atoms with Crippen LogP contribution in [0.15, 0.2) is 36.5 Å². The van der Waals surface area contributed by atoms with Crippen LogP contribution >= 0.6 is 0 Å². The molecule has 3 atom stereocenters. The van der Waals surface area contributed by atoms with Crippen molar-refractivity contribution < 1.29 is 14.6 Å². The first-order valence-electron chi connectivity index (χ1n) is 7.94. The van der Waals surface area contributed by atoms with Crippen molar-refractivity contribution in [3.63, 3.8) is 0 Å². The molecular weight excluding hydrogens is 292 g/mol. The molecule has 1 heterocycles. The fourth-order valence-electron chi connectivity index (χ4n) is 3.36. The monoisotopic (exact) mass is 314 g/mol. The van der Waals surface area contributed by atoms with E-state index in [1.165, 1.54) is 0 Å². The quantitative estimate of drug-likeness (QED) is 0.944. The lowest BCUT2D eigenvalue weighted by Crippen LogP contribution is -2.52. The van der Waals surface area contributed by atoms with Crippen molar-refractivity contribution in [3.05, 3.63) is 42.1 Å². The van der Waals surface area contributed by atoms with E-state index < -0.39 is 6.10 Å². The molecular formula is C18H22N2O3. The Morgan fingerprint density at radius 3 is 2.96 bits per heavy atom. The van der Waals surface area contributed by atoms with Crippen LogP contribution in [-0.2, 0) is 4.74 Å². The van der Waals surface area contributed by atoms with Crippen LogP contribution in [0.5, 0.6) is 0 Å². The maximum atomic E-state index is 12.8. The molecule has 0 bridgehead atoms. The van der Waals surface area contributed by atoms with Gasteiger partial charge in [-0.15, -0.1) is 0 Å². The van der Waals surface area contributed by atoms with Crippen LogP contribution in [0, 0.1) is 0 Å². The second-order valence-electron chi connectivity index (χ2n) is 6.09. The minimum absolute atomic E-state index is 0.0865. The van der Waals surface area contributed by atoms with Crippen molar-refractivity contribution in [1.29, 1.82) is 0 Å². The number of nitrogens with zero attached hydrogens (tertiary/aromatic N) is 2. The van der Waals surface area contributed by atoms with Gasteiger partial charge in [0.1, 0.15) is 6.10 Å². The Balaban J connectivity index is 1.83. The van der Waals surface area contributed by atoms with Gasteiger partial charge in [0.2, 0.25) is 0 Å². The SMILES string of the molecule is CO[C@@H]1CCC[C@@H](N(C)C(=O)c2ccc3ncccc3c2)[C@H]1O. The zero-order valence-corrected chi connectivity index (χ0v) is 13.5. The number of amides is 1. The Labute approximate surface area is 135 Å². The average molecular weight is 314 g/mol. The van der Waals surface area contributed by atoms with E-state index in [9.17, 15) is 9.90 Å². The minimum Gasteiger partial charge on any atom is -0.388 e. The molecule has 1 N–H and O–H groups in total. The molecule has 0 radical (unpaired) electrons. The van der Waals surface area contributed by atoms with Gasteiger partial charge in [-0.1, -0.05) is 6.07 Å². The predicted octanol–water partition coefficient (Wildman–Crippen LogP) is 2.24. The zero-order valence-electron chi connectivity index (χ0n) is 13.5. The molecule has 1 aromatic carbocycles. The van der Waals surface area contributed by atoms with Crippen LogP contribution in [0.25, 0.3) is 10.9 Å². The third kappa shape index (κ3) is 3.07. The smallest absolute Gasteiger partial charge is 0.253 e. The molecule has 23 heavy (non-hydrogen) atoms. The summed E-state index contributed by atoms with van der Waals surface area (Å²) < 4.78 is 5.33. The van der Waals surface area contributed by atoms with Gasteiger partial charge in [0.15, 0.2) is 0 Å². The molecule has 0 saturated heterocycles. The third-order valence-corrected chi connectivity index (χ3v) is 4.73. The van der Waals surface area contributed by atoms with Crippen molar-refractivity contribution in [2.75, 3.05) is 14.2 Å². The number of hydrogen-bond donors (Lipinski definition) is 1. The van der Waals surface area contributed by atoms with E-state index in [2.05, 4.69) is 4.98 Å². The Morgan fingerprint density at radius 2 is 2.17 bits per heavy atom. The van der Waals surface area contributed by atoms with Gasteiger partial charge in [-0.25, -0.2) is 0 Å². The van der Waals surface area contributed by atoms with Crippen LogP contribution in [0.2, 0.25) is 0 Å². The van der Waals surface area contributed by atoms with Crippen molar-refractivity contribution in [2.24, 2.45) is 0 Å². The fraction of sp³-hybridized carbons (Fsp3) is 0.444. The maximum absolute atomic E-state index is 12.8. The second kappa shape index (κ2) is 6.64. The first-order chi connectivity index (χ1) is 11.1. The van der Waals surface area contributed by atoms with E-state index in [-0.39, 0.29) is 18.1 Å². The Kier molecular flexibility index (Phi) is 4.59. The molecule has 1 amide bonds. The third-order valence-electron chi connectivity index (χ3n) is 4.73. The lowest BCUT2D eigenvalue weighted by molar-refractivity contribution is -0.0714. The summed E-state index contributed by atoms with van der Waals surface area (Å²) in [5.41, 5.74) is 1.48. The largest absolute Gasteiger partial charge is 0.388 e. The van der Waals surface area contributed by atoms with Crippen molar-refractivity contribution in [1.82, 2.24) is 9.88 Å². The van der Waals surface area contributed by atoms with E-state index in [0.717, 1.165) is 30.2 Å². The zero-order chi connectivity index (χ0) is 16.4. The Morgan fingerprint density at radius 1 is 1.35 bits per heavy atom. The number of fused-ring (bicyclic) bond motifs is 1. The topological polar surface area (TPSA) is 62.7 Å². The average Bonchev–Trinajstić information content (AvgIpc) is 2.60. The molecule has 122 valence electrons. The van der Waals surface area contributed by atoms with Crippen LogP contribution in [0.4, 0.5) is 0 Å². The Hall–Kier alpha value is -1.98. The van der Waals surface area contributed by atoms with Gasteiger partial charge in [0.25, 0.3) is 5.91 Å². The van der Waals surface area contributed by atoms with E-state index >= 15 is 0 Å². The number of hydrogen-bond acceptors (Lipinski definition) is 4. The molecule has 3 rings (SSSR count). The van der Waals surface area contributed by atoms with Gasteiger partial charge < -0.3 is 14.7 Å². The lowest BCUT2D eigenvalue weighted by atomic mass is 9.88. The molecule has 0 aliphatic heterocycles. The van der Waals surface area contributed by atoms with Gasteiger partial charge in [0.05, 0.1) is 17.7 Å². The first kappa shape index (κ1) is 15.9. The highest BCUT2D eigenvalue weighted by Crippen LogP contribution is 2.26. The predicted molar refractivity (Wildman–Crippen MR) is 88.3 cm³/mol. The van der Waals surface area contributed by atoms with Crippen LogP contribution < -0.4 is 0 Å². The van der Waals surface area contributed by atoms with Crippen LogP contribution in [-0.4, -0.2) is 53.3 Å². The number of ether oxygens (including phenoxy) is 1. The molecule has 5 heteroatoms. The number of carbonyl (C=O) groups is 1. The maximum Gasteiger partial charge on any atom is 0.253 e. The van der Waals surface area contributed by atoms with Crippen LogP contribution in [0.1, 0.15) is 29.6 Å². The highest BCUT2D eigenvalue weighted by molar-refractivity contribution is 5.98. The first-order valence-corrected chi connectivity index (χ1v) is 7.94. The number of pyridine rings is 1. The second-order valence-corrected chi connectivity index (χ2v) is 6.09. The molecule has 1 fully saturated rings. The molecule has 0 unspecified atom stereocenters. The minimum atomic E-state index is -0.648. The summed E-state index contributed by atoms with van der Waals surface area (Å²) in [6.07, 6.45) is 3.45. The summed E-state index contributed by atoms with van der Waals surface area (Å²) in [6.45, 7) is 0. The molecule has 0 spiro atoms. The van der Waals surface area contributed by atoms with Crippen molar-refractivity contribution in [3.8, 4) is 0 Å². The number of carbonyl (C=O) groups excluding carboxylic acids is 1. The summed E-state index contributed by atoms with van der Waals surface area (Å²) in [7, 11) is 3.36. The fourth-order valence-corrected chi connectivity index (χ4v) is 3.36. The van der Waals surface area contributed by atoms with Gasteiger partial charge in [0, 0.05) is 31.3 Å². The van der Waals surface area contributed by atoms with E-state index in [1.54, 1.807) is 31.3 Å². The number of aromatic nitrogens is 1. The summed E-state index contributed by atoms with van der Waals surface area (Å²) in [4.78, 5) is 18.7. The van der Waals surface area contributed by atoms with Gasteiger partial charge in [-0.05, 0) is 43.5 Å². The molecule has 1 aliphatic rings. The van der Waals surface area contributed by atoms with Crippen molar-refractivity contribution >= 4 is 16.8 Å². The van der Waals surface area contributed by atoms with E-state index in [1.807, 2.05) is 24.3 Å². The number of aliphatic hydroxyl groups is 1. The van der Waals surface area contributed by atoms with Crippen molar-refractivity contribution in [2.45, 2.75) is 37.5 Å².